The van der Waals surface area contributed by atoms with Crippen molar-refractivity contribution in [2.75, 3.05) is 11.4 Å². The Morgan fingerprint density at radius 1 is 1.43 bits per heavy atom. The number of hydrogen-bond donors (Lipinski definition) is 0. The third-order valence-corrected chi connectivity index (χ3v) is 4.58. The lowest BCUT2D eigenvalue weighted by Crippen LogP contribution is -2.43. The van der Waals surface area contributed by atoms with Gasteiger partial charge >= 0.3 is 5.97 Å². The van der Waals surface area contributed by atoms with Crippen molar-refractivity contribution >= 4 is 17.4 Å². The van der Waals surface area contributed by atoms with Crippen molar-refractivity contribution in [3.8, 4) is 0 Å². The van der Waals surface area contributed by atoms with E-state index in [2.05, 4.69) is 35.8 Å². The van der Waals surface area contributed by atoms with Crippen molar-refractivity contribution < 1.29 is 9.53 Å². The molecule has 23 heavy (non-hydrogen) atoms. The molecule has 0 aromatic carbocycles. The average molecular weight is 316 g/mol. The minimum Gasteiger partial charge on any atom is -0.458 e. The molecule has 0 radical (unpaired) electrons. The molecule has 2 aromatic heterocycles. The molecule has 0 bridgehead atoms. The Labute approximate surface area is 136 Å². The molecular weight excluding hydrogens is 292 g/mol. The first kappa shape index (κ1) is 15.8. The number of carbonyl (C=O) groups is 1. The van der Waals surface area contributed by atoms with E-state index < -0.39 is 0 Å². The topological polar surface area (TPSA) is 59.7 Å². The first-order chi connectivity index (χ1) is 10.8. The zero-order valence-corrected chi connectivity index (χ0v) is 14.5. The maximum Gasteiger partial charge on any atom is 0.357 e. The second-order valence-corrected chi connectivity index (χ2v) is 6.89. The second kappa shape index (κ2) is 5.51. The third kappa shape index (κ3) is 2.56. The lowest BCUT2D eigenvalue weighted by molar-refractivity contribution is 0.0370. The largest absolute Gasteiger partial charge is 0.458 e. The fourth-order valence-electron chi connectivity index (χ4n) is 3.02. The normalized spacial score (nSPS) is 14.6. The lowest BCUT2D eigenvalue weighted by Gasteiger charge is -2.36. The summed E-state index contributed by atoms with van der Waals surface area (Å²) in [6.45, 7) is 11.2. The van der Waals surface area contributed by atoms with Gasteiger partial charge in [0.2, 0.25) is 0 Å². The molecule has 0 atom stereocenters. The van der Waals surface area contributed by atoms with Gasteiger partial charge in [-0.25, -0.2) is 9.78 Å². The van der Waals surface area contributed by atoms with Gasteiger partial charge in [-0.3, -0.25) is 0 Å². The summed E-state index contributed by atoms with van der Waals surface area (Å²) in [7, 11) is 0. The van der Waals surface area contributed by atoms with E-state index in [4.69, 9.17) is 4.74 Å². The van der Waals surface area contributed by atoms with Crippen molar-refractivity contribution in [1.29, 1.82) is 0 Å². The number of nitrogens with zero attached hydrogens (tertiary/aromatic N) is 4. The number of rotatable bonds is 4. The molecule has 3 heterocycles. The quantitative estimate of drug-likeness (QED) is 0.812. The highest BCUT2D eigenvalue weighted by Crippen LogP contribution is 2.36. The van der Waals surface area contributed by atoms with Crippen LogP contribution in [-0.2, 0) is 11.2 Å². The number of hydrogen-bond acceptors (Lipinski definition) is 5. The first-order valence-corrected chi connectivity index (χ1v) is 8.20. The van der Waals surface area contributed by atoms with E-state index in [1.54, 1.807) is 6.20 Å². The van der Waals surface area contributed by atoms with Crippen molar-refractivity contribution in [3.05, 3.63) is 23.5 Å². The molecule has 0 saturated carbocycles. The Hall–Kier alpha value is -2.11. The second-order valence-electron chi connectivity index (χ2n) is 6.89. The fourth-order valence-corrected chi connectivity index (χ4v) is 3.02. The Kier molecular flexibility index (Phi) is 3.78. The molecule has 0 N–H and O–H groups in total. The van der Waals surface area contributed by atoms with Gasteiger partial charge in [-0.15, -0.1) is 0 Å². The number of esters is 1. The van der Waals surface area contributed by atoms with Crippen LogP contribution in [0.3, 0.4) is 0 Å². The van der Waals surface area contributed by atoms with Crippen LogP contribution in [0.5, 0.6) is 0 Å². The minimum atomic E-state index is -0.351. The van der Waals surface area contributed by atoms with Gasteiger partial charge in [0.25, 0.3) is 0 Å². The molecule has 1 aliphatic heterocycles. The molecule has 0 aliphatic carbocycles. The summed E-state index contributed by atoms with van der Waals surface area (Å²) in [6.07, 6.45) is 3.34. The van der Waals surface area contributed by atoms with E-state index in [1.165, 1.54) is 0 Å². The number of ether oxygens (including phenoxy) is 1. The standard InChI is InChI=1S/C17H24N4O2/c1-6-17(4,5)20-10-8-12-14(16(22)23-11(2)3)19-13-7-9-18-21(13)15(12)20/h7,9,11H,6,8,10H2,1-5H3. The van der Waals surface area contributed by atoms with Crippen LogP contribution in [0.2, 0.25) is 0 Å². The summed E-state index contributed by atoms with van der Waals surface area (Å²) in [5.74, 6) is 0.624. The Morgan fingerprint density at radius 2 is 2.17 bits per heavy atom. The Balaban J connectivity index is 2.18. The van der Waals surface area contributed by atoms with Crippen molar-refractivity contribution in [1.82, 2.24) is 14.6 Å². The van der Waals surface area contributed by atoms with Crippen LogP contribution in [0.4, 0.5) is 5.82 Å². The first-order valence-electron chi connectivity index (χ1n) is 8.20. The van der Waals surface area contributed by atoms with Crippen LogP contribution in [0.15, 0.2) is 12.3 Å². The fraction of sp³-hybridized carbons (Fsp3) is 0.588. The van der Waals surface area contributed by atoms with Crippen LogP contribution >= 0.6 is 0 Å². The summed E-state index contributed by atoms with van der Waals surface area (Å²) in [5, 5.41) is 4.41. The number of anilines is 1. The maximum absolute atomic E-state index is 12.5. The van der Waals surface area contributed by atoms with Crippen LogP contribution in [0.25, 0.3) is 5.65 Å². The SMILES string of the molecule is CCC(C)(C)N1CCc2c(C(=O)OC(C)C)nc3ccnn3c21. The molecule has 0 amide bonds. The van der Waals surface area contributed by atoms with E-state index in [-0.39, 0.29) is 17.6 Å². The van der Waals surface area contributed by atoms with Gasteiger partial charge < -0.3 is 9.64 Å². The van der Waals surface area contributed by atoms with Crippen molar-refractivity contribution in [2.45, 2.75) is 59.1 Å². The molecule has 0 spiro atoms. The van der Waals surface area contributed by atoms with Gasteiger partial charge in [-0.05, 0) is 40.5 Å². The molecule has 1 aliphatic rings. The highest BCUT2D eigenvalue weighted by atomic mass is 16.5. The van der Waals surface area contributed by atoms with Gasteiger partial charge in [-0.2, -0.15) is 9.61 Å². The molecule has 0 saturated heterocycles. The summed E-state index contributed by atoms with van der Waals surface area (Å²) in [4.78, 5) is 19.3. The predicted octanol–water partition coefficient (Wildman–Crippen LogP) is 2.85. The molecule has 0 fully saturated rings. The van der Waals surface area contributed by atoms with Crippen LogP contribution in [0.1, 0.15) is 57.1 Å². The van der Waals surface area contributed by atoms with E-state index in [0.717, 1.165) is 30.8 Å². The molecule has 6 nitrogen and oxygen atoms in total. The van der Waals surface area contributed by atoms with Gasteiger partial charge in [0, 0.05) is 23.7 Å². The minimum absolute atomic E-state index is 0.00922. The van der Waals surface area contributed by atoms with E-state index in [0.29, 0.717) is 11.3 Å². The molecule has 2 aromatic rings. The smallest absolute Gasteiger partial charge is 0.357 e. The lowest BCUT2D eigenvalue weighted by atomic mass is 10.00. The number of aromatic nitrogens is 3. The van der Waals surface area contributed by atoms with Gasteiger partial charge in [0.15, 0.2) is 11.3 Å². The molecule has 6 heteroatoms. The van der Waals surface area contributed by atoms with E-state index >= 15 is 0 Å². The van der Waals surface area contributed by atoms with E-state index in [1.807, 2.05) is 24.4 Å². The molecule has 3 rings (SSSR count). The van der Waals surface area contributed by atoms with Gasteiger partial charge in [0.1, 0.15) is 5.82 Å². The highest BCUT2D eigenvalue weighted by Gasteiger charge is 2.36. The summed E-state index contributed by atoms with van der Waals surface area (Å²) in [6, 6.07) is 1.82. The third-order valence-electron chi connectivity index (χ3n) is 4.58. The summed E-state index contributed by atoms with van der Waals surface area (Å²) in [5.41, 5.74) is 2.03. The summed E-state index contributed by atoms with van der Waals surface area (Å²) < 4.78 is 7.22. The molecule has 0 unspecified atom stereocenters. The van der Waals surface area contributed by atoms with E-state index in [9.17, 15) is 4.79 Å². The highest BCUT2D eigenvalue weighted by molar-refractivity contribution is 5.92. The van der Waals surface area contributed by atoms with Crippen molar-refractivity contribution in [3.63, 3.8) is 0 Å². The predicted molar refractivity (Wildman–Crippen MR) is 89.0 cm³/mol. The Bertz CT molecular complexity index is 748. The number of carbonyl (C=O) groups excluding carboxylic acids is 1. The van der Waals surface area contributed by atoms with Crippen LogP contribution in [0, 0.1) is 0 Å². The van der Waals surface area contributed by atoms with Crippen LogP contribution in [-0.4, -0.2) is 38.8 Å². The zero-order chi connectivity index (χ0) is 16.8. The van der Waals surface area contributed by atoms with Gasteiger partial charge in [-0.1, -0.05) is 6.92 Å². The maximum atomic E-state index is 12.5. The van der Waals surface area contributed by atoms with Crippen molar-refractivity contribution in [2.24, 2.45) is 0 Å². The zero-order valence-electron chi connectivity index (χ0n) is 14.5. The van der Waals surface area contributed by atoms with Gasteiger partial charge in [0.05, 0.1) is 12.3 Å². The monoisotopic (exact) mass is 316 g/mol. The average Bonchev–Trinajstić information content (AvgIpc) is 3.11. The van der Waals surface area contributed by atoms with Crippen LogP contribution < -0.4 is 4.90 Å². The summed E-state index contributed by atoms with van der Waals surface area (Å²) >= 11 is 0. The Morgan fingerprint density at radius 3 is 2.83 bits per heavy atom. The number of fused-ring (bicyclic) bond motifs is 3. The molecular formula is C17H24N4O2. The molecule has 124 valence electrons.